The van der Waals surface area contributed by atoms with Crippen molar-refractivity contribution in [2.24, 2.45) is 0 Å². The fourth-order valence-corrected chi connectivity index (χ4v) is 2.74. The Morgan fingerprint density at radius 1 is 1.11 bits per heavy atom. The molecule has 0 radical (unpaired) electrons. The van der Waals surface area contributed by atoms with Gasteiger partial charge in [0.05, 0.1) is 11.1 Å². The van der Waals surface area contributed by atoms with Crippen molar-refractivity contribution >= 4 is 17.8 Å². The quantitative estimate of drug-likeness (QED) is 0.797. The van der Waals surface area contributed by atoms with E-state index in [9.17, 15) is 32.7 Å². The third-order valence-electron chi connectivity index (χ3n) is 4.01. The standard InChI is InChI=1S/C18H12F3NO5/c19-18(20,21)10-5-3-4-9(8-10)13(16(24)25)22-15(23)14-11-6-1-2-7-12(11)17(26)27-14/h1-8,13-14H,(H,22,23)(H,24,25). The molecule has 0 fully saturated rings. The van der Waals surface area contributed by atoms with E-state index >= 15 is 0 Å². The van der Waals surface area contributed by atoms with Gasteiger partial charge >= 0.3 is 18.1 Å². The summed E-state index contributed by atoms with van der Waals surface area (Å²) in [6.45, 7) is 0. The molecule has 1 amide bonds. The minimum Gasteiger partial charge on any atom is -0.479 e. The van der Waals surface area contributed by atoms with Crippen molar-refractivity contribution in [3.05, 3.63) is 70.8 Å². The molecule has 3 rings (SSSR count). The SMILES string of the molecule is O=C1OC(C(=O)NC(C(=O)O)c2cccc(C(F)(F)F)c2)c2ccccc21. The minimum absolute atomic E-state index is 0.170. The van der Waals surface area contributed by atoms with Crippen LogP contribution in [0, 0.1) is 0 Å². The molecule has 0 saturated heterocycles. The van der Waals surface area contributed by atoms with E-state index in [1.54, 1.807) is 12.1 Å². The molecule has 27 heavy (non-hydrogen) atoms. The van der Waals surface area contributed by atoms with Gasteiger partial charge in [-0.25, -0.2) is 9.59 Å². The average Bonchev–Trinajstić information content (AvgIpc) is 2.96. The molecular formula is C18H12F3NO5. The number of amides is 1. The van der Waals surface area contributed by atoms with Crippen molar-refractivity contribution in [1.29, 1.82) is 0 Å². The Labute approximate surface area is 150 Å². The maximum absolute atomic E-state index is 12.9. The van der Waals surface area contributed by atoms with Crippen LogP contribution in [0.3, 0.4) is 0 Å². The van der Waals surface area contributed by atoms with Crippen LogP contribution in [0.1, 0.15) is 39.2 Å². The lowest BCUT2D eigenvalue weighted by atomic mass is 10.0. The molecule has 9 heteroatoms. The van der Waals surface area contributed by atoms with Crippen molar-refractivity contribution in [2.45, 2.75) is 18.3 Å². The molecule has 0 aromatic heterocycles. The molecule has 1 aliphatic heterocycles. The molecule has 2 aromatic rings. The zero-order valence-electron chi connectivity index (χ0n) is 13.5. The van der Waals surface area contributed by atoms with Gasteiger partial charge in [-0.2, -0.15) is 13.2 Å². The molecular weight excluding hydrogens is 367 g/mol. The number of aliphatic carboxylic acids is 1. The van der Waals surface area contributed by atoms with E-state index < -0.39 is 41.7 Å². The van der Waals surface area contributed by atoms with E-state index in [2.05, 4.69) is 5.32 Å². The summed E-state index contributed by atoms with van der Waals surface area (Å²) in [5.74, 6) is -3.24. The third kappa shape index (κ3) is 3.62. The molecule has 140 valence electrons. The first-order chi connectivity index (χ1) is 12.7. The molecule has 2 atom stereocenters. The van der Waals surface area contributed by atoms with Crippen LogP contribution < -0.4 is 5.32 Å². The lowest BCUT2D eigenvalue weighted by Gasteiger charge is -2.19. The lowest BCUT2D eigenvalue weighted by molar-refractivity contribution is -0.144. The number of benzene rings is 2. The second kappa shape index (κ2) is 6.75. The van der Waals surface area contributed by atoms with Crippen LogP contribution in [-0.2, 0) is 20.5 Å². The molecule has 2 unspecified atom stereocenters. The second-order valence-electron chi connectivity index (χ2n) is 5.78. The highest BCUT2D eigenvalue weighted by molar-refractivity contribution is 6.00. The number of alkyl halides is 3. The molecule has 0 saturated carbocycles. The van der Waals surface area contributed by atoms with Crippen molar-refractivity contribution in [3.8, 4) is 0 Å². The van der Waals surface area contributed by atoms with Gasteiger partial charge < -0.3 is 15.2 Å². The van der Waals surface area contributed by atoms with Gasteiger partial charge in [-0.15, -0.1) is 0 Å². The minimum atomic E-state index is -4.66. The number of carbonyl (C=O) groups is 3. The zero-order chi connectivity index (χ0) is 19.8. The monoisotopic (exact) mass is 379 g/mol. The van der Waals surface area contributed by atoms with Gasteiger partial charge in [0.1, 0.15) is 0 Å². The van der Waals surface area contributed by atoms with Gasteiger partial charge in [0.2, 0.25) is 6.10 Å². The molecule has 1 aliphatic rings. The van der Waals surface area contributed by atoms with Crippen LogP contribution in [0.2, 0.25) is 0 Å². The summed E-state index contributed by atoms with van der Waals surface area (Å²) in [4.78, 5) is 35.7. The van der Waals surface area contributed by atoms with Crippen LogP contribution in [0.15, 0.2) is 48.5 Å². The first-order valence-electron chi connectivity index (χ1n) is 7.68. The van der Waals surface area contributed by atoms with Crippen LogP contribution in [-0.4, -0.2) is 23.0 Å². The Balaban J connectivity index is 1.87. The van der Waals surface area contributed by atoms with Gasteiger partial charge in [-0.1, -0.05) is 30.3 Å². The number of halogens is 3. The fraction of sp³-hybridized carbons (Fsp3) is 0.167. The van der Waals surface area contributed by atoms with Crippen molar-refractivity contribution in [1.82, 2.24) is 5.32 Å². The normalized spacial score (nSPS) is 17.0. The number of carboxylic acid groups (broad SMARTS) is 1. The summed E-state index contributed by atoms with van der Waals surface area (Å²) >= 11 is 0. The molecule has 0 spiro atoms. The van der Waals surface area contributed by atoms with E-state index in [-0.39, 0.29) is 16.7 Å². The average molecular weight is 379 g/mol. The Hall–Kier alpha value is -3.36. The predicted molar refractivity (Wildman–Crippen MR) is 84.6 cm³/mol. The van der Waals surface area contributed by atoms with Crippen LogP contribution in [0.5, 0.6) is 0 Å². The number of cyclic esters (lactones) is 1. The first kappa shape index (κ1) is 18.4. The third-order valence-corrected chi connectivity index (χ3v) is 4.01. The maximum atomic E-state index is 12.9. The van der Waals surface area contributed by atoms with Crippen LogP contribution >= 0.6 is 0 Å². The molecule has 6 nitrogen and oxygen atoms in total. The maximum Gasteiger partial charge on any atom is 0.416 e. The number of esters is 1. The Bertz CT molecular complexity index is 925. The van der Waals surface area contributed by atoms with E-state index in [1.807, 2.05) is 0 Å². The number of rotatable bonds is 4. The smallest absolute Gasteiger partial charge is 0.416 e. The zero-order valence-corrected chi connectivity index (χ0v) is 13.5. The predicted octanol–water partition coefficient (Wildman–Crippen LogP) is 2.86. The lowest BCUT2D eigenvalue weighted by Crippen LogP contribution is -2.37. The highest BCUT2D eigenvalue weighted by Gasteiger charge is 2.38. The van der Waals surface area contributed by atoms with Crippen molar-refractivity contribution < 1.29 is 37.4 Å². The van der Waals surface area contributed by atoms with Gasteiger partial charge in [0.25, 0.3) is 5.91 Å². The number of carbonyl (C=O) groups excluding carboxylic acids is 2. The molecule has 0 aliphatic carbocycles. The number of hydrogen-bond acceptors (Lipinski definition) is 4. The van der Waals surface area contributed by atoms with E-state index in [0.717, 1.165) is 18.2 Å². The van der Waals surface area contributed by atoms with E-state index in [0.29, 0.717) is 6.07 Å². The first-order valence-corrected chi connectivity index (χ1v) is 7.68. The molecule has 1 heterocycles. The Kier molecular flexibility index (Phi) is 4.61. The summed E-state index contributed by atoms with van der Waals surface area (Å²) in [6, 6.07) is 7.97. The van der Waals surface area contributed by atoms with Crippen LogP contribution in [0.4, 0.5) is 13.2 Å². The number of ether oxygens (including phenoxy) is 1. The largest absolute Gasteiger partial charge is 0.479 e. The molecule has 2 N–H and O–H groups in total. The summed E-state index contributed by atoms with van der Waals surface area (Å²) in [5.41, 5.74) is -0.877. The van der Waals surface area contributed by atoms with Crippen molar-refractivity contribution in [2.75, 3.05) is 0 Å². The summed E-state index contributed by atoms with van der Waals surface area (Å²) in [7, 11) is 0. The van der Waals surface area contributed by atoms with E-state index in [4.69, 9.17) is 4.74 Å². The molecule has 2 aromatic carbocycles. The fourth-order valence-electron chi connectivity index (χ4n) is 2.74. The highest BCUT2D eigenvalue weighted by atomic mass is 19.4. The topological polar surface area (TPSA) is 92.7 Å². The van der Waals surface area contributed by atoms with Crippen molar-refractivity contribution in [3.63, 3.8) is 0 Å². The van der Waals surface area contributed by atoms with Gasteiger partial charge in [0.15, 0.2) is 6.04 Å². The highest BCUT2D eigenvalue weighted by Crippen LogP contribution is 2.33. The van der Waals surface area contributed by atoms with Gasteiger partial charge in [0, 0.05) is 5.56 Å². The summed E-state index contributed by atoms with van der Waals surface area (Å²) in [6.07, 6.45) is -6.04. The number of fused-ring (bicyclic) bond motifs is 1. The molecule has 0 bridgehead atoms. The summed E-state index contributed by atoms with van der Waals surface area (Å²) in [5, 5.41) is 11.5. The Morgan fingerprint density at radius 2 is 1.81 bits per heavy atom. The van der Waals surface area contributed by atoms with Crippen LogP contribution in [0.25, 0.3) is 0 Å². The number of hydrogen-bond donors (Lipinski definition) is 2. The van der Waals surface area contributed by atoms with Gasteiger partial charge in [-0.3, -0.25) is 4.79 Å². The Morgan fingerprint density at radius 3 is 2.48 bits per heavy atom. The summed E-state index contributed by atoms with van der Waals surface area (Å²) < 4.78 is 43.5. The van der Waals surface area contributed by atoms with Gasteiger partial charge in [-0.05, 0) is 23.8 Å². The number of carboxylic acids is 1. The second-order valence-corrected chi connectivity index (χ2v) is 5.78. The number of nitrogens with one attached hydrogen (secondary N) is 1. The van der Waals surface area contributed by atoms with E-state index in [1.165, 1.54) is 12.1 Å².